The van der Waals surface area contributed by atoms with Crippen LogP contribution in [-0.4, -0.2) is 37.5 Å². The fourth-order valence-corrected chi connectivity index (χ4v) is 3.33. The van der Waals surface area contributed by atoms with E-state index in [9.17, 15) is 4.79 Å². The first kappa shape index (κ1) is 21.4. The van der Waals surface area contributed by atoms with Crippen molar-refractivity contribution in [3.8, 4) is 17.2 Å². The van der Waals surface area contributed by atoms with Gasteiger partial charge in [0.1, 0.15) is 17.2 Å². The first-order valence-electron chi connectivity index (χ1n) is 9.60. The SMILES string of the molecule is CCOc1ccc(NC(=S)NCCc2cc3c(OC)ccc(OC)c3[nH]c2=O)cc1. The third-order valence-corrected chi connectivity index (χ3v) is 4.81. The van der Waals surface area contributed by atoms with Gasteiger partial charge >= 0.3 is 0 Å². The van der Waals surface area contributed by atoms with E-state index in [2.05, 4.69) is 15.6 Å². The molecule has 0 bridgehead atoms. The van der Waals surface area contributed by atoms with Gasteiger partial charge in [0.05, 0.1) is 26.3 Å². The predicted octanol–water partition coefficient (Wildman–Crippen LogP) is 3.47. The summed E-state index contributed by atoms with van der Waals surface area (Å²) in [6, 6.07) is 13.0. The molecule has 2 aromatic carbocycles. The highest BCUT2D eigenvalue weighted by Gasteiger charge is 2.11. The van der Waals surface area contributed by atoms with Crippen LogP contribution in [0.25, 0.3) is 10.9 Å². The molecule has 0 saturated heterocycles. The Morgan fingerprint density at radius 3 is 2.43 bits per heavy atom. The van der Waals surface area contributed by atoms with Gasteiger partial charge in [0.15, 0.2) is 5.11 Å². The fourth-order valence-electron chi connectivity index (χ4n) is 3.11. The molecule has 1 aromatic heterocycles. The van der Waals surface area contributed by atoms with E-state index in [0.717, 1.165) is 16.8 Å². The largest absolute Gasteiger partial charge is 0.496 e. The van der Waals surface area contributed by atoms with Crippen molar-refractivity contribution in [2.45, 2.75) is 13.3 Å². The van der Waals surface area contributed by atoms with Gasteiger partial charge in [0.2, 0.25) is 0 Å². The molecule has 0 spiro atoms. The van der Waals surface area contributed by atoms with Gasteiger partial charge in [-0.15, -0.1) is 0 Å². The second kappa shape index (κ2) is 9.98. The molecule has 8 heteroatoms. The van der Waals surface area contributed by atoms with Gasteiger partial charge in [0.25, 0.3) is 5.56 Å². The van der Waals surface area contributed by atoms with Crippen LogP contribution in [0.4, 0.5) is 5.69 Å². The first-order chi connectivity index (χ1) is 14.5. The lowest BCUT2D eigenvalue weighted by Gasteiger charge is -2.12. The Morgan fingerprint density at radius 1 is 1.07 bits per heavy atom. The molecule has 1 heterocycles. The zero-order chi connectivity index (χ0) is 21.5. The van der Waals surface area contributed by atoms with Crippen LogP contribution >= 0.6 is 12.2 Å². The van der Waals surface area contributed by atoms with Crippen LogP contribution in [0.15, 0.2) is 47.3 Å². The molecule has 30 heavy (non-hydrogen) atoms. The van der Waals surface area contributed by atoms with Crippen molar-refractivity contribution in [3.63, 3.8) is 0 Å². The summed E-state index contributed by atoms with van der Waals surface area (Å²) in [4.78, 5) is 15.4. The van der Waals surface area contributed by atoms with E-state index in [1.165, 1.54) is 0 Å². The second-order valence-corrected chi connectivity index (χ2v) is 6.88. The number of hydrogen-bond donors (Lipinski definition) is 3. The predicted molar refractivity (Wildman–Crippen MR) is 123 cm³/mol. The average Bonchev–Trinajstić information content (AvgIpc) is 2.75. The van der Waals surface area contributed by atoms with Crippen LogP contribution in [0.5, 0.6) is 17.2 Å². The minimum absolute atomic E-state index is 0.166. The maximum Gasteiger partial charge on any atom is 0.251 e. The summed E-state index contributed by atoms with van der Waals surface area (Å²) < 4.78 is 16.2. The molecule has 0 aliphatic carbocycles. The van der Waals surface area contributed by atoms with Crippen molar-refractivity contribution in [2.24, 2.45) is 0 Å². The molecule has 0 atom stereocenters. The Labute approximate surface area is 180 Å². The lowest BCUT2D eigenvalue weighted by Crippen LogP contribution is -2.31. The molecule has 3 N–H and O–H groups in total. The van der Waals surface area contributed by atoms with Gasteiger partial charge in [-0.2, -0.15) is 0 Å². The molecular formula is C22H25N3O4S. The van der Waals surface area contributed by atoms with Gasteiger partial charge in [0, 0.05) is 23.2 Å². The Kier molecular flexibility index (Phi) is 7.13. The van der Waals surface area contributed by atoms with Crippen molar-refractivity contribution in [1.82, 2.24) is 10.3 Å². The van der Waals surface area contributed by atoms with Crippen LogP contribution in [0.3, 0.4) is 0 Å². The molecule has 0 aliphatic rings. The normalized spacial score (nSPS) is 10.5. The zero-order valence-electron chi connectivity index (χ0n) is 17.2. The molecule has 0 fully saturated rings. The number of nitrogens with one attached hydrogen (secondary N) is 3. The van der Waals surface area contributed by atoms with Crippen LogP contribution < -0.4 is 30.4 Å². The molecule has 0 saturated carbocycles. The fraction of sp³-hybridized carbons (Fsp3) is 0.273. The van der Waals surface area contributed by atoms with Crippen molar-refractivity contribution in [3.05, 3.63) is 58.4 Å². The van der Waals surface area contributed by atoms with E-state index >= 15 is 0 Å². The van der Waals surface area contributed by atoms with E-state index < -0.39 is 0 Å². The minimum Gasteiger partial charge on any atom is -0.496 e. The number of methoxy groups -OCH3 is 2. The Bertz CT molecular complexity index is 1080. The molecule has 0 amide bonds. The maximum atomic E-state index is 12.5. The van der Waals surface area contributed by atoms with Crippen molar-refractivity contribution in [2.75, 3.05) is 32.7 Å². The highest BCUT2D eigenvalue weighted by molar-refractivity contribution is 7.80. The highest BCUT2D eigenvalue weighted by atomic mass is 32.1. The van der Waals surface area contributed by atoms with Crippen molar-refractivity contribution >= 4 is 33.9 Å². The number of ether oxygens (including phenoxy) is 3. The summed E-state index contributed by atoms with van der Waals surface area (Å²) in [5.41, 5.74) is 1.94. The third kappa shape index (κ3) is 5.01. The number of aromatic nitrogens is 1. The first-order valence-corrected chi connectivity index (χ1v) is 10.0. The summed E-state index contributed by atoms with van der Waals surface area (Å²) in [5, 5.41) is 7.52. The van der Waals surface area contributed by atoms with Gasteiger partial charge in [-0.1, -0.05) is 0 Å². The van der Waals surface area contributed by atoms with Gasteiger partial charge in [-0.05, 0) is 68.0 Å². The smallest absolute Gasteiger partial charge is 0.251 e. The average molecular weight is 428 g/mol. The number of anilines is 1. The molecule has 0 radical (unpaired) electrons. The summed E-state index contributed by atoms with van der Waals surface area (Å²) in [7, 11) is 3.16. The highest BCUT2D eigenvalue weighted by Crippen LogP contribution is 2.31. The quantitative estimate of drug-likeness (QED) is 0.475. The Hall–Kier alpha value is -3.26. The zero-order valence-corrected chi connectivity index (χ0v) is 18.0. The van der Waals surface area contributed by atoms with Crippen molar-refractivity contribution in [1.29, 1.82) is 0 Å². The number of fused-ring (bicyclic) bond motifs is 1. The lowest BCUT2D eigenvalue weighted by atomic mass is 10.1. The minimum atomic E-state index is -0.166. The second-order valence-electron chi connectivity index (χ2n) is 6.47. The summed E-state index contributed by atoms with van der Waals surface area (Å²) >= 11 is 5.34. The lowest BCUT2D eigenvalue weighted by molar-refractivity contribution is 0.340. The summed E-state index contributed by atoms with van der Waals surface area (Å²) in [5.74, 6) is 2.07. The maximum absolute atomic E-state index is 12.5. The van der Waals surface area contributed by atoms with E-state index in [0.29, 0.717) is 47.3 Å². The van der Waals surface area contributed by atoms with Crippen molar-refractivity contribution < 1.29 is 14.2 Å². The van der Waals surface area contributed by atoms with Gasteiger partial charge < -0.3 is 29.8 Å². The van der Waals surface area contributed by atoms with E-state index in [1.807, 2.05) is 43.3 Å². The number of benzene rings is 2. The molecule has 3 rings (SSSR count). The molecule has 158 valence electrons. The van der Waals surface area contributed by atoms with Crippen LogP contribution in [0.2, 0.25) is 0 Å². The van der Waals surface area contributed by atoms with Gasteiger partial charge in [-0.3, -0.25) is 4.79 Å². The third-order valence-electron chi connectivity index (χ3n) is 4.56. The van der Waals surface area contributed by atoms with E-state index in [1.54, 1.807) is 20.3 Å². The Balaban J connectivity index is 1.64. The standard InChI is InChI=1S/C22H25N3O4S/c1-4-29-16-7-5-15(6-8-16)24-22(30)23-12-11-14-13-17-18(27-2)9-10-19(28-3)20(17)25-21(14)26/h5-10,13H,4,11-12H2,1-3H3,(H,25,26)(H2,23,24,30). The number of rotatable bonds is 8. The molecular weight excluding hydrogens is 402 g/mol. The van der Waals surface area contributed by atoms with Crippen LogP contribution in [0.1, 0.15) is 12.5 Å². The van der Waals surface area contributed by atoms with E-state index in [-0.39, 0.29) is 5.56 Å². The van der Waals surface area contributed by atoms with Crippen LogP contribution in [-0.2, 0) is 6.42 Å². The number of aromatic amines is 1. The molecule has 3 aromatic rings. The number of hydrogen-bond acceptors (Lipinski definition) is 5. The summed E-state index contributed by atoms with van der Waals surface area (Å²) in [6.45, 7) is 3.07. The van der Waals surface area contributed by atoms with Gasteiger partial charge in [-0.25, -0.2) is 0 Å². The topological polar surface area (TPSA) is 84.6 Å². The van der Waals surface area contributed by atoms with Crippen LogP contribution in [0, 0.1) is 0 Å². The number of pyridine rings is 1. The number of thiocarbonyl (C=S) groups is 1. The van der Waals surface area contributed by atoms with E-state index in [4.69, 9.17) is 26.4 Å². The molecule has 0 unspecified atom stereocenters. The molecule has 0 aliphatic heterocycles. The monoisotopic (exact) mass is 427 g/mol. The Morgan fingerprint density at radius 2 is 1.77 bits per heavy atom. The number of H-pyrrole nitrogens is 1. The summed E-state index contributed by atoms with van der Waals surface area (Å²) in [6.07, 6.45) is 0.497. The molecule has 7 nitrogen and oxygen atoms in total.